The summed E-state index contributed by atoms with van der Waals surface area (Å²) in [5.41, 5.74) is 13.2. The van der Waals surface area contributed by atoms with Crippen molar-refractivity contribution >= 4 is 28.3 Å². The topological polar surface area (TPSA) is 156 Å². The van der Waals surface area contributed by atoms with Crippen molar-refractivity contribution in [3.8, 4) is 0 Å². The summed E-state index contributed by atoms with van der Waals surface area (Å²) in [6.07, 6.45) is 1.52. The number of aliphatic hydroxyl groups excluding tert-OH is 2. The van der Waals surface area contributed by atoms with Gasteiger partial charge in [-0.2, -0.15) is 0 Å². The van der Waals surface area contributed by atoms with E-state index in [2.05, 4.69) is 13.8 Å². The Morgan fingerprint density at radius 3 is 2.40 bits per heavy atom. The Bertz CT molecular complexity index is 1460. The van der Waals surface area contributed by atoms with Crippen LogP contribution in [0.25, 0.3) is 16.3 Å². The minimum atomic E-state index is -1.08. The molecule has 4 aliphatic rings. The largest absolute Gasteiger partial charge is 0.478 e. The lowest BCUT2D eigenvalue weighted by Crippen LogP contribution is -2.70. The highest BCUT2D eigenvalue weighted by Gasteiger charge is 2.72. The second kappa shape index (κ2) is 10.2. The first-order valence-electron chi connectivity index (χ1n) is 15.3. The molecule has 8 nitrogen and oxygen atoms in total. The summed E-state index contributed by atoms with van der Waals surface area (Å²) < 4.78 is 5.95. The van der Waals surface area contributed by atoms with Crippen molar-refractivity contribution in [2.45, 2.75) is 83.6 Å². The predicted octanol–water partition coefficient (Wildman–Crippen LogP) is 3.86. The number of nitrogens with two attached hydrogens (primary N) is 2. The van der Waals surface area contributed by atoms with E-state index >= 15 is 0 Å². The van der Waals surface area contributed by atoms with Crippen molar-refractivity contribution in [2.75, 3.05) is 6.54 Å². The number of aliphatic hydroxyl groups is 2. The molecule has 6 rings (SSSR count). The van der Waals surface area contributed by atoms with Gasteiger partial charge < -0.3 is 31.5 Å². The lowest BCUT2D eigenvalue weighted by molar-refractivity contribution is -0.230. The average Bonchev–Trinajstić information content (AvgIpc) is 3.21. The van der Waals surface area contributed by atoms with E-state index < -0.39 is 41.1 Å². The number of hydrogen-bond donors (Lipinski definition) is 5. The van der Waals surface area contributed by atoms with Crippen LogP contribution in [0.3, 0.4) is 0 Å². The maximum atomic E-state index is 13.1. The van der Waals surface area contributed by atoms with E-state index in [1.165, 1.54) is 6.92 Å². The van der Waals surface area contributed by atoms with Gasteiger partial charge in [0, 0.05) is 13.0 Å². The van der Waals surface area contributed by atoms with E-state index in [0.29, 0.717) is 43.4 Å². The number of benzene rings is 2. The molecule has 0 heterocycles. The Morgan fingerprint density at radius 1 is 1.02 bits per heavy atom. The molecule has 0 amide bonds. The van der Waals surface area contributed by atoms with E-state index in [9.17, 15) is 24.9 Å². The van der Waals surface area contributed by atoms with Crippen LogP contribution in [0.2, 0.25) is 0 Å². The Morgan fingerprint density at radius 2 is 1.74 bits per heavy atom. The molecule has 0 aromatic heterocycles. The molecule has 0 unspecified atom stereocenters. The number of esters is 1. The van der Waals surface area contributed by atoms with Gasteiger partial charge >= 0.3 is 11.9 Å². The third kappa shape index (κ3) is 4.02. The standard InChI is InChI=1S/C34H44N2O6/c1-18(37)42-26-16-33(3)23(28(26)27(31(40)41)21-9-8-19-6-4-5-7-20(19)14-21)15-25(39)30-32(2)12-11-24(38)29(36)22(32)10-13-34(30,33)17-35/h4-9,14,22-26,29-30,38-39H,10-13,15-17,35-36H2,1-3H3,(H,40,41)/b28-27-/t22-,23-,24+,25+,26-,29-,30-,32-,33-,34+/m0/s1. The summed E-state index contributed by atoms with van der Waals surface area (Å²) in [5.74, 6) is -2.03. The van der Waals surface area contributed by atoms with Gasteiger partial charge in [-0.05, 0) is 107 Å². The van der Waals surface area contributed by atoms with Gasteiger partial charge in [0.2, 0.25) is 0 Å². The molecule has 4 saturated carbocycles. The first-order chi connectivity index (χ1) is 19.9. The number of fused-ring (bicyclic) bond motifs is 6. The first kappa shape index (κ1) is 29.3. The quantitative estimate of drug-likeness (QED) is 0.271. The lowest BCUT2D eigenvalue weighted by atomic mass is 9.36. The summed E-state index contributed by atoms with van der Waals surface area (Å²) in [4.78, 5) is 25.6. The third-order valence-corrected chi connectivity index (χ3v) is 12.3. The number of ether oxygens (including phenoxy) is 1. The van der Waals surface area contributed by atoms with Crippen LogP contribution in [0, 0.1) is 34.0 Å². The average molecular weight is 577 g/mol. The molecule has 10 atom stereocenters. The van der Waals surface area contributed by atoms with Crippen LogP contribution in [-0.2, 0) is 14.3 Å². The van der Waals surface area contributed by atoms with Gasteiger partial charge in [0.15, 0.2) is 0 Å². The molecule has 8 heteroatoms. The van der Waals surface area contributed by atoms with Crippen molar-refractivity contribution < 1.29 is 29.6 Å². The van der Waals surface area contributed by atoms with E-state index in [4.69, 9.17) is 16.2 Å². The van der Waals surface area contributed by atoms with Crippen LogP contribution in [0.5, 0.6) is 0 Å². The van der Waals surface area contributed by atoms with Gasteiger partial charge in [0.05, 0.1) is 17.8 Å². The minimum absolute atomic E-state index is 0.0496. The van der Waals surface area contributed by atoms with Crippen LogP contribution in [0.15, 0.2) is 48.0 Å². The molecular weight excluding hydrogens is 532 g/mol. The lowest BCUT2D eigenvalue weighted by Gasteiger charge is -2.69. The van der Waals surface area contributed by atoms with Gasteiger partial charge in [-0.15, -0.1) is 0 Å². The molecule has 0 radical (unpaired) electrons. The van der Waals surface area contributed by atoms with Gasteiger partial charge in [-0.3, -0.25) is 4.79 Å². The van der Waals surface area contributed by atoms with E-state index in [1.807, 2.05) is 42.5 Å². The number of rotatable bonds is 4. The molecule has 226 valence electrons. The van der Waals surface area contributed by atoms with Crippen LogP contribution in [-0.4, -0.2) is 58.2 Å². The summed E-state index contributed by atoms with van der Waals surface area (Å²) in [5, 5.41) is 35.4. The number of carbonyl (C=O) groups excluding carboxylic acids is 1. The Kier molecular flexibility index (Phi) is 7.08. The molecule has 7 N–H and O–H groups in total. The first-order valence-corrected chi connectivity index (χ1v) is 15.3. The van der Waals surface area contributed by atoms with Gasteiger partial charge in [0.1, 0.15) is 6.10 Å². The van der Waals surface area contributed by atoms with Gasteiger partial charge in [-0.1, -0.05) is 50.2 Å². The fourth-order valence-electron chi connectivity index (χ4n) is 10.5. The zero-order valence-corrected chi connectivity index (χ0v) is 24.8. The Labute approximate surface area is 247 Å². The number of aliphatic carboxylic acids is 1. The van der Waals surface area contributed by atoms with Crippen LogP contribution in [0.4, 0.5) is 0 Å². The summed E-state index contributed by atoms with van der Waals surface area (Å²) in [6, 6.07) is 13.1. The van der Waals surface area contributed by atoms with Crippen molar-refractivity contribution in [1.29, 1.82) is 0 Å². The van der Waals surface area contributed by atoms with Crippen molar-refractivity contribution in [2.24, 2.45) is 45.5 Å². The van der Waals surface area contributed by atoms with Crippen LogP contribution in [0.1, 0.15) is 64.9 Å². The summed E-state index contributed by atoms with van der Waals surface area (Å²) >= 11 is 0. The molecule has 0 spiro atoms. The summed E-state index contributed by atoms with van der Waals surface area (Å²) in [6.45, 7) is 6.06. The molecule has 4 fully saturated rings. The van der Waals surface area contributed by atoms with E-state index in [-0.39, 0.29) is 34.8 Å². The number of carboxylic acid groups (broad SMARTS) is 1. The number of carboxylic acids is 1. The zero-order valence-electron chi connectivity index (χ0n) is 24.8. The van der Waals surface area contributed by atoms with E-state index in [1.54, 1.807) is 0 Å². The molecular formula is C34H44N2O6. The fourth-order valence-corrected chi connectivity index (χ4v) is 10.5. The van der Waals surface area contributed by atoms with Crippen LogP contribution < -0.4 is 11.5 Å². The predicted molar refractivity (Wildman–Crippen MR) is 160 cm³/mol. The SMILES string of the molecule is CC(=O)O[C@H]1C[C@@]2(C)[C@@H](C[C@@H](O)[C@H]3[C@@]4(C)CC[C@@H](O)[C@@H](N)[C@@H]4CC[C@@]32CN)/C1=C(/C(=O)O)c1ccc2ccccc2c1. The molecule has 0 aliphatic heterocycles. The van der Waals surface area contributed by atoms with Gasteiger partial charge in [-0.25, -0.2) is 4.79 Å². The number of hydrogen-bond acceptors (Lipinski definition) is 7. The molecule has 2 aromatic carbocycles. The molecule has 2 aromatic rings. The second-order valence-corrected chi connectivity index (χ2v) is 13.9. The second-order valence-electron chi connectivity index (χ2n) is 13.9. The molecule has 0 bridgehead atoms. The van der Waals surface area contributed by atoms with E-state index in [0.717, 1.165) is 23.6 Å². The van der Waals surface area contributed by atoms with Gasteiger partial charge in [0.25, 0.3) is 0 Å². The monoisotopic (exact) mass is 576 g/mol. The molecule has 4 aliphatic carbocycles. The zero-order chi connectivity index (χ0) is 30.2. The Balaban J connectivity index is 1.54. The smallest absolute Gasteiger partial charge is 0.336 e. The molecule has 0 saturated heterocycles. The van der Waals surface area contributed by atoms with Crippen molar-refractivity contribution in [3.63, 3.8) is 0 Å². The highest BCUT2D eigenvalue weighted by Crippen LogP contribution is 2.74. The normalized spacial score (nSPS) is 42.3. The highest BCUT2D eigenvalue weighted by molar-refractivity contribution is 6.17. The minimum Gasteiger partial charge on any atom is -0.478 e. The Hall–Kier alpha value is -2.78. The van der Waals surface area contributed by atoms with Crippen molar-refractivity contribution in [3.05, 3.63) is 53.6 Å². The summed E-state index contributed by atoms with van der Waals surface area (Å²) in [7, 11) is 0. The number of carbonyl (C=O) groups is 2. The fraction of sp³-hybridized carbons (Fsp3) is 0.588. The molecule has 42 heavy (non-hydrogen) atoms. The van der Waals surface area contributed by atoms with Crippen molar-refractivity contribution in [1.82, 2.24) is 0 Å². The maximum absolute atomic E-state index is 13.1. The third-order valence-electron chi connectivity index (χ3n) is 12.3. The maximum Gasteiger partial charge on any atom is 0.336 e. The highest BCUT2D eigenvalue weighted by atomic mass is 16.5. The van der Waals surface area contributed by atoms with Crippen LogP contribution >= 0.6 is 0 Å².